The van der Waals surface area contributed by atoms with E-state index in [0.717, 1.165) is 0 Å². The third-order valence-electron chi connectivity index (χ3n) is 1.46. The molecule has 0 saturated heterocycles. The molecule has 2 unspecified atom stereocenters. The van der Waals surface area contributed by atoms with Crippen molar-refractivity contribution in [2.45, 2.75) is 12.2 Å². The Morgan fingerprint density at radius 3 is 2.83 bits per heavy atom. The Balaban J connectivity index is 3.09. The summed E-state index contributed by atoms with van der Waals surface area (Å²) >= 11 is 4.13. The number of thiol groups is 1. The number of nitrogens with zero attached hydrogens (tertiary/aromatic N) is 1. The van der Waals surface area contributed by atoms with E-state index >= 15 is 0 Å². The lowest BCUT2D eigenvalue weighted by molar-refractivity contribution is -0.991. The van der Waals surface area contributed by atoms with Gasteiger partial charge in [-0.1, -0.05) is 0 Å². The fourth-order valence-corrected chi connectivity index (χ4v) is 1.14. The van der Waals surface area contributed by atoms with Crippen LogP contribution in [0.15, 0.2) is 18.3 Å². The van der Waals surface area contributed by atoms with E-state index in [9.17, 15) is 5.21 Å². The van der Waals surface area contributed by atoms with Gasteiger partial charge in [0.1, 0.15) is 5.69 Å². The van der Waals surface area contributed by atoms with E-state index in [1.165, 1.54) is 6.07 Å². The summed E-state index contributed by atoms with van der Waals surface area (Å²) in [7, 11) is 0. The molecule has 0 fully saturated rings. The van der Waals surface area contributed by atoms with Crippen molar-refractivity contribution in [3.63, 3.8) is 0 Å². The molecule has 0 amide bonds. The molecule has 0 saturated carbocycles. The first-order valence-electron chi connectivity index (χ1n) is 3.49. The monoisotopic (exact) mass is 186 g/mol. The average molecular weight is 186 g/mol. The normalized spacial score (nSPS) is 15.7. The Hall–Kier alpha value is -0.620. The van der Waals surface area contributed by atoms with Crippen LogP contribution in [0.5, 0.6) is 0 Å². The van der Waals surface area contributed by atoms with Crippen molar-refractivity contribution in [3.8, 4) is 0 Å². The van der Waals surface area contributed by atoms with Gasteiger partial charge < -0.3 is 5.21 Å². The minimum Gasteiger partial charge on any atom is -0.595 e. The summed E-state index contributed by atoms with van der Waals surface area (Å²) < 4.78 is 0. The van der Waals surface area contributed by atoms with Crippen LogP contribution in [-0.4, -0.2) is 10.2 Å². The Labute approximate surface area is 75.8 Å². The van der Waals surface area contributed by atoms with Gasteiger partial charge in [-0.05, 0) is 13.0 Å². The fourth-order valence-electron chi connectivity index (χ4n) is 0.931. The van der Waals surface area contributed by atoms with E-state index in [0.29, 0.717) is 5.69 Å². The molecule has 1 aromatic heterocycles. The molecule has 1 rings (SSSR count). The maximum absolute atomic E-state index is 10.7. The molecule has 0 aliphatic carbocycles. The molecule has 5 heteroatoms. The van der Waals surface area contributed by atoms with Gasteiger partial charge in [-0.15, -0.1) is 0 Å². The third kappa shape index (κ3) is 1.95. The average Bonchev–Trinajstić information content (AvgIpc) is 2.04. The van der Waals surface area contributed by atoms with Gasteiger partial charge in [0.15, 0.2) is 5.69 Å². The molecule has 12 heavy (non-hydrogen) atoms. The van der Waals surface area contributed by atoms with Crippen LogP contribution < -0.4 is 5.23 Å². The highest BCUT2D eigenvalue weighted by Gasteiger charge is 2.12. The molecule has 1 aromatic rings. The van der Waals surface area contributed by atoms with E-state index in [1.807, 2.05) is 0 Å². The number of hydrogen-bond donors (Lipinski definition) is 3. The Kier molecular flexibility index (Phi) is 3.05. The fraction of sp³-hybridized carbons (Fsp3) is 0.286. The second kappa shape index (κ2) is 3.86. The topological polar surface area (TPSA) is 60.6 Å². The molecule has 0 radical (unpaired) electrons. The third-order valence-corrected chi connectivity index (χ3v) is 1.71. The molecule has 0 aliphatic heterocycles. The number of quaternary nitrogens is 1. The second-order valence-electron chi connectivity index (χ2n) is 2.42. The highest BCUT2D eigenvalue weighted by atomic mass is 32.1. The van der Waals surface area contributed by atoms with Gasteiger partial charge in [-0.3, -0.25) is 4.98 Å². The molecule has 2 atom stereocenters. The van der Waals surface area contributed by atoms with Crippen LogP contribution in [0.3, 0.4) is 0 Å². The first-order chi connectivity index (χ1) is 5.63. The molecule has 4 nitrogen and oxygen atoms in total. The zero-order valence-corrected chi connectivity index (χ0v) is 7.45. The second-order valence-corrected chi connectivity index (χ2v) is 3.19. The first kappa shape index (κ1) is 9.47. The maximum atomic E-state index is 10.7. The van der Waals surface area contributed by atoms with Gasteiger partial charge in [-0.25, -0.2) is 5.21 Å². The molecule has 66 valence electrons. The molecule has 0 spiro atoms. The van der Waals surface area contributed by atoms with Gasteiger partial charge in [0.2, 0.25) is 0 Å². The molecule has 2 N–H and O–H groups in total. The van der Waals surface area contributed by atoms with Crippen LogP contribution in [0.4, 0.5) is 5.69 Å². The Morgan fingerprint density at radius 1 is 1.75 bits per heavy atom. The highest BCUT2D eigenvalue weighted by molar-refractivity contribution is 7.80. The standard InChI is InChI=1S/C7H10N2O2S/c1-5(12)7-6(9(10)11)3-2-4-8-7/h2-5,9-10,12H,1H3. The number of pyridine rings is 1. The Morgan fingerprint density at radius 2 is 2.42 bits per heavy atom. The van der Waals surface area contributed by atoms with Crippen LogP contribution >= 0.6 is 12.6 Å². The summed E-state index contributed by atoms with van der Waals surface area (Å²) in [6, 6.07) is 3.13. The molecule has 0 aromatic carbocycles. The maximum Gasteiger partial charge on any atom is 0.186 e. The van der Waals surface area contributed by atoms with E-state index in [1.54, 1.807) is 19.2 Å². The summed E-state index contributed by atoms with van der Waals surface area (Å²) in [4.78, 5) is 3.94. The smallest absolute Gasteiger partial charge is 0.186 e. The largest absolute Gasteiger partial charge is 0.595 e. The van der Waals surface area contributed by atoms with E-state index in [-0.39, 0.29) is 10.9 Å². The van der Waals surface area contributed by atoms with Gasteiger partial charge in [0, 0.05) is 17.5 Å². The number of aromatic nitrogens is 1. The van der Waals surface area contributed by atoms with E-state index in [4.69, 9.17) is 5.21 Å². The summed E-state index contributed by atoms with van der Waals surface area (Å²) in [6.45, 7) is 1.79. The van der Waals surface area contributed by atoms with Gasteiger partial charge >= 0.3 is 0 Å². The predicted octanol–water partition coefficient (Wildman–Crippen LogP) is 0.476. The van der Waals surface area contributed by atoms with Crippen LogP contribution in [0.25, 0.3) is 0 Å². The summed E-state index contributed by atoms with van der Waals surface area (Å²) in [5.74, 6) is 0. The lowest BCUT2D eigenvalue weighted by atomic mass is 10.2. The molecule has 0 bridgehead atoms. The van der Waals surface area contributed by atoms with Crippen molar-refractivity contribution in [1.82, 2.24) is 4.98 Å². The minimum atomic E-state index is -0.959. The quantitative estimate of drug-likeness (QED) is 0.465. The summed E-state index contributed by atoms with van der Waals surface area (Å²) in [5.41, 5.74) is 0.730. The predicted molar refractivity (Wildman–Crippen MR) is 47.4 cm³/mol. The van der Waals surface area contributed by atoms with Gasteiger partial charge in [-0.2, -0.15) is 17.9 Å². The van der Waals surface area contributed by atoms with Crippen molar-refractivity contribution in [1.29, 1.82) is 0 Å². The van der Waals surface area contributed by atoms with Gasteiger partial charge in [0.25, 0.3) is 0 Å². The first-order valence-corrected chi connectivity index (χ1v) is 4.01. The molecular weight excluding hydrogens is 176 g/mol. The van der Waals surface area contributed by atoms with E-state index < -0.39 is 5.23 Å². The summed E-state index contributed by atoms with van der Waals surface area (Å²) in [5, 5.41) is 18.3. The SMILES string of the molecule is CC(S)c1ncccc1[NH+]([O-])O. The number of hydrogen-bond acceptors (Lipinski definition) is 4. The lowest BCUT2D eigenvalue weighted by Crippen LogP contribution is -2.99. The van der Waals surface area contributed by atoms with Crippen LogP contribution in [0.2, 0.25) is 0 Å². The van der Waals surface area contributed by atoms with Crippen LogP contribution in [0.1, 0.15) is 17.9 Å². The zero-order valence-electron chi connectivity index (χ0n) is 6.56. The van der Waals surface area contributed by atoms with Crippen LogP contribution in [0, 0.1) is 5.21 Å². The number of rotatable bonds is 2. The number of nitrogens with one attached hydrogen (secondary N) is 1. The minimum absolute atomic E-state index is 0.155. The highest BCUT2D eigenvalue weighted by Crippen LogP contribution is 2.21. The van der Waals surface area contributed by atoms with E-state index in [2.05, 4.69) is 17.6 Å². The van der Waals surface area contributed by atoms with Crippen molar-refractivity contribution in [2.24, 2.45) is 0 Å². The Bertz CT molecular complexity index is 238. The van der Waals surface area contributed by atoms with Crippen molar-refractivity contribution < 1.29 is 10.4 Å². The van der Waals surface area contributed by atoms with Crippen molar-refractivity contribution >= 4 is 18.3 Å². The van der Waals surface area contributed by atoms with Crippen molar-refractivity contribution in [2.75, 3.05) is 0 Å². The lowest BCUT2D eigenvalue weighted by Gasteiger charge is -2.15. The zero-order chi connectivity index (χ0) is 9.14. The van der Waals surface area contributed by atoms with Crippen molar-refractivity contribution in [3.05, 3.63) is 29.2 Å². The van der Waals surface area contributed by atoms with Gasteiger partial charge in [0.05, 0.1) is 0 Å². The summed E-state index contributed by atoms with van der Waals surface area (Å²) in [6.07, 6.45) is 1.56. The molecule has 0 aliphatic rings. The molecular formula is C7H10N2O2S. The molecule has 1 heterocycles. The van der Waals surface area contributed by atoms with Crippen LogP contribution in [-0.2, 0) is 0 Å².